The molecule has 7 heteroatoms. The molecule has 0 N–H and O–H groups in total. The molecule has 1 heterocycles. The Morgan fingerprint density at radius 2 is 2.00 bits per heavy atom. The number of methoxy groups -OCH3 is 1. The summed E-state index contributed by atoms with van der Waals surface area (Å²) >= 11 is 5.04. The fourth-order valence-corrected chi connectivity index (χ4v) is 3.86. The number of ether oxygens (including phenoxy) is 2. The summed E-state index contributed by atoms with van der Waals surface area (Å²) in [5, 5.41) is 2.01. The van der Waals surface area contributed by atoms with Crippen molar-refractivity contribution >= 4 is 39.0 Å². The van der Waals surface area contributed by atoms with E-state index in [2.05, 4.69) is 15.9 Å². The third kappa shape index (κ3) is 5.85. The van der Waals surface area contributed by atoms with Gasteiger partial charge in [-0.25, -0.2) is 0 Å². The summed E-state index contributed by atoms with van der Waals surface area (Å²) in [4.78, 5) is 26.5. The fraction of sp³-hybridized carbons (Fsp3) is 0.368. The molecule has 0 bridgehead atoms. The molecular formula is C19H22BrNO4S. The van der Waals surface area contributed by atoms with Crippen molar-refractivity contribution in [3.05, 3.63) is 44.6 Å². The first-order chi connectivity index (χ1) is 12.4. The van der Waals surface area contributed by atoms with Crippen LogP contribution in [0.15, 0.2) is 34.1 Å². The van der Waals surface area contributed by atoms with E-state index in [1.54, 1.807) is 41.5 Å². The number of hydrogen-bond acceptors (Lipinski definition) is 5. The lowest BCUT2D eigenvalue weighted by Crippen LogP contribution is -2.25. The van der Waals surface area contributed by atoms with Gasteiger partial charge in [-0.3, -0.25) is 9.59 Å². The standard InChI is InChI=1S/C19H22BrNO4S/c1-13(22)14-6-7-17(18(9-14)24-3)25-8-4-5-19(23)21(2)11-16-10-15(20)12-26-16/h6-7,9-10,12H,4-5,8,11H2,1-3H3. The smallest absolute Gasteiger partial charge is 0.222 e. The normalized spacial score (nSPS) is 10.5. The Morgan fingerprint density at radius 3 is 2.62 bits per heavy atom. The van der Waals surface area contributed by atoms with Gasteiger partial charge in [0, 0.05) is 33.8 Å². The van der Waals surface area contributed by atoms with Gasteiger partial charge in [-0.15, -0.1) is 11.3 Å². The van der Waals surface area contributed by atoms with Crippen LogP contribution in [0.25, 0.3) is 0 Å². The number of benzene rings is 1. The van der Waals surface area contributed by atoms with E-state index >= 15 is 0 Å². The van der Waals surface area contributed by atoms with Crippen molar-refractivity contribution in [3.8, 4) is 11.5 Å². The number of halogens is 1. The second-order valence-electron chi connectivity index (χ2n) is 5.85. The van der Waals surface area contributed by atoms with Gasteiger partial charge in [0.05, 0.1) is 20.3 Å². The number of Topliss-reactive ketones (excluding diaryl/α,β-unsaturated/α-hetero) is 1. The topological polar surface area (TPSA) is 55.8 Å². The highest BCUT2D eigenvalue weighted by Crippen LogP contribution is 2.28. The summed E-state index contributed by atoms with van der Waals surface area (Å²) in [6.07, 6.45) is 1.02. The number of hydrogen-bond donors (Lipinski definition) is 0. The van der Waals surface area contributed by atoms with Crippen LogP contribution in [-0.2, 0) is 11.3 Å². The van der Waals surface area contributed by atoms with Crippen LogP contribution in [0, 0.1) is 0 Å². The van der Waals surface area contributed by atoms with Gasteiger partial charge in [0.2, 0.25) is 5.91 Å². The van der Waals surface area contributed by atoms with Crippen LogP contribution in [-0.4, -0.2) is 37.4 Å². The summed E-state index contributed by atoms with van der Waals surface area (Å²) in [6, 6.07) is 7.11. The van der Waals surface area contributed by atoms with Gasteiger partial charge in [-0.05, 0) is 53.5 Å². The van der Waals surface area contributed by atoms with Crippen LogP contribution in [0.1, 0.15) is 35.0 Å². The van der Waals surface area contributed by atoms with Crippen molar-refractivity contribution in [2.45, 2.75) is 26.3 Å². The Labute approximate surface area is 166 Å². The average molecular weight is 440 g/mol. The van der Waals surface area contributed by atoms with Gasteiger partial charge in [0.1, 0.15) is 0 Å². The molecule has 140 valence electrons. The summed E-state index contributed by atoms with van der Waals surface area (Å²) in [5.41, 5.74) is 0.575. The number of carbonyl (C=O) groups excluding carboxylic acids is 2. The first-order valence-corrected chi connectivity index (χ1v) is 9.86. The SMILES string of the molecule is COc1cc(C(C)=O)ccc1OCCCC(=O)N(C)Cc1cc(Br)cs1. The van der Waals surface area contributed by atoms with E-state index in [0.717, 1.165) is 9.35 Å². The van der Waals surface area contributed by atoms with Crippen LogP contribution < -0.4 is 9.47 Å². The molecule has 26 heavy (non-hydrogen) atoms. The molecular weight excluding hydrogens is 418 g/mol. The number of carbonyl (C=O) groups is 2. The number of nitrogens with zero attached hydrogens (tertiary/aromatic N) is 1. The first-order valence-electron chi connectivity index (χ1n) is 8.19. The second-order valence-corrected chi connectivity index (χ2v) is 7.77. The highest BCUT2D eigenvalue weighted by molar-refractivity contribution is 9.10. The van der Waals surface area contributed by atoms with Crippen LogP contribution >= 0.6 is 27.3 Å². The Bertz CT molecular complexity index is 775. The third-order valence-corrected chi connectivity index (χ3v) is 5.49. The highest BCUT2D eigenvalue weighted by atomic mass is 79.9. The summed E-state index contributed by atoms with van der Waals surface area (Å²) in [6.45, 7) is 2.52. The molecule has 5 nitrogen and oxygen atoms in total. The minimum absolute atomic E-state index is 0.0266. The molecule has 1 amide bonds. The lowest BCUT2D eigenvalue weighted by atomic mass is 10.1. The zero-order valence-electron chi connectivity index (χ0n) is 15.1. The van der Waals surface area contributed by atoms with E-state index < -0.39 is 0 Å². The molecule has 0 saturated heterocycles. The van der Waals surface area contributed by atoms with Crippen LogP contribution in [0.4, 0.5) is 0 Å². The van der Waals surface area contributed by atoms with Crippen molar-refractivity contribution < 1.29 is 19.1 Å². The molecule has 0 aliphatic rings. The van der Waals surface area contributed by atoms with Crippen molar-refractivity contribution in [1.29, 1.82) is 0 Å². The maximum Gasteiger partial charge on any atom is 0.222 e. The zero-order valence-corrected chi connectivity index (χ0v) is 17.5. The molecule has 0 atom stereocenters. The fourth-order valence-electron chi connectivity index (χ4n) is 2.36. The molecule has 0 radical (unpaired) electrons. The van der Waals surface area contributed by atoms with Gasteiger partial charge in [-0.2, -0.15) is 0 Å². The summed E-state index contributed by atoms with van der Waals surface area (Å²) in [7, 11) is 3.34. The average Bonchev–Trinajstić information content (AvgIpc) is 3.03. The maximum atomic E-state index is 12.2. The summed E-state index contributed by atoms with van der Waals surface area (Å²) < 4.78 is 12.0. The molecule has 0 aliphatic heterocycles. The molecule has 1 aromatic heterocycles. The Balaban J connectivity index is 1.79. The minimum Gasteiger partial charge on any atom is -0.493 e. The largest absolute Gasteiger partial charge is 0.493 e. The molecule has 0 fully saturated rings. The molecule has 1 aromatic carbocycles. The van der Waals surface area contributed by atoms with Crippen LogP contribution in [0.5, 0.6) is 11.5 Å². The van der Waals surface area contributed by atoms with Crippen molar-refractivity contribution in [2.75, 3.05) is 20.8 Å². The molecule has 0 unspecified atom stereocenters. The first kappa shape index (κ1) is 20.5. The van der Waals surface area contributed by atoms with Gasteiger partial charge < -0.3 is 14.4 Å². The van der Waals surface area contributed by atoms with Gasteiger partial charge in [-0.1, -0.05) is 0 Å². The van der Waals surface area contributed by atoms with Gasteiger partial charge in [0.15, 0.2) is 17.3 Å². The van der Waals surface area contributed by atoms with Crippen molar-refractivity contribution in [2.24, 2.45) is 0 Å². The molecule has 2 aromatic rings. The van der Waals surface area contributed by atoms with E-state index in [1.807, 2.05) is 11.4 Å². The molecule has 0 aliphatic carbocycles. The van der Waals surface area contributed by atoms with E-state index in [0.29, 0.717) is 43.1 Å². The van der Waals surface area contributed by atoms with E-state index in [1.165, 1.54) is 14.0 Å². The number of amides is 1. The monoisotopic (exact) mass is 439 g/mol. The van der Waals surface area contributed by atoms with Crippen molar-refractivity contribution in [1.82, 2.24) is 4.90 Å². The van der Waals surface area contributed by atoms with Crippen LogP contribution in [0.3, 0.4) is 0 Å². The Kier molecular flexibility index (Phi) is 7.66. The third-order valence-electron chi connectivity index (χ3n) is 3.80. The molecule has 2 rings (SSSR count). The van der Waals surface area contributed by atoms with E-state index in [4.69, 9.17) is 9.47 Å². The lowest BCUT2D eigenvalue weighted by molar-refractivity contribution is -0.130. The summed E-state index contributed by atoms with van der Waals surface area (Å²) in [5.74, 6) is 1.14. The van der Waals surface area contributed by atoms with E-state index in [-0.39, 0.29) is 11.7 Å². The predicted octanol–water partition coefficient (Wildman–Crippen LogP) is 4.54. The van der Waals surface area contributed by atoms with Crippen LogP contribution in [0.2, 0.25) is 0 Å². The quantitative estimate of drug-likeness (QED) is 0.425. The minimum atomic E-state index is -0.0266. The van der Waals surface area contributed by atoms with Crippen molar-refractivity contribution in [3.63, 3.8) is 0 Å². The Morgan fingerprint density at radius 1 is 1.23 bits per heavy atom. The molecule has 0 spiro atoms. The predicted molar refractivity (Wildman–Crippen MR) is 106 cm³/mol. The number of ketones is 1. The maximum absolute atomic E-state index is 12.2. The number of rotatable bonds is 9. The number of thiophene rings is 1. The van der Waals surface area contributed by atoms with E-state index in [9.17, 15) is 9.59 Å². The van der Waals surface area contributed by atoms with Gasteiger partial charge >= 0.3 is 0 Å². The Hall–Kier alpha value is -1.86. The van der Waals surface area contributed by atoms with Gasteiger partial charge in [0.25, 0.3) is 0 Å². The zero-order chi connectivity index (χ0) is 19.1. The highest BCUT2D eigenvalue weighted by Gasteiger charge is 2.12. The second kappa shape index (κ2) is 9.73. The molecule has 0 saturated carbocycles. The lowest BCUT2D eigenvalue weighted by Gasteiger charge is -2.16.